The molecule has 1 heterocycles. The van der Waals surface area contributed by atoms with Crippen molar-refractivity contribution in [2.24, 2.45) is 10.5 Å². The average molecular weight is 415 g/mol. The highest BCUT2D eigenvalue weighted by Crippen LogP contribution is 2.66. The zero-order valence-corrected chi connectivity index (χ0v) is 14.5. The molecule has 18 heavy (non-hydrogen) atoms. The lowest BCUT2D eigenvalue weighted by Crippen LogP contribution is -2.30. The molecule has 0 aromatic carbocycles. The van der Waals surface area contributed by atoms with Crippen LogP contribution in [0.2, 0.25) is 4.34 Å². The lowest BCUT2D eigenvalue weighted by Gasteiger charge is -2.10. The normalized spacial score (nSPS) is 25.9. The molecule has 2 rings (SSSR count). The molecule has 0 saturated heterocycles. The summed E-state index contributed by atoms with van der Waals surface area (Å²) in [6.07, 6.45) is 0.741. The molecule has 3 nitrogen and oxygen atoms in total. The molecule has 1 atom stereocenters. The molecule has 0 aliphatic heterocycles. The van der Waals surface area contributed by atoms with Crippen LogP contribution in [0.5, 0.6) is 0 Å². The first-order valence-electron chi connectivity index (χ1n) is 5.24. The van der Waals surface area contributed by atoms with Crippen LogP contribution in [0.1, 0.15) is 25.1 Å². The van der Waals surface area contributed by atoms with E-state index in [1.165, 1.54) is 11.3 Å². The number of carbonyl (C=O) groups is 1. The van der Waals surface area contributed by atoms with Crippen LogP contribution >= 0.6 is 54.8 Å². The van der Waals surface area contributed by atoms with Crippen molar-refractivity contribution in [2.75, 3.05) is 0 Å². The van der Waals surface area contributed by atoms with Crippen molar-refractivity contribution in [2.45, 2.75) is 23.5 Å². The number of hydrazone groups is 1. The van der Waals surface area contributed by atoms with Gasteiger partial charge in [0.1, 0.15) is 0 Å². The van der Waals surface area contributed by atoms with Gasteiger partial charge < -0.3 is 0 Å². The maximum Gasteiger partial charge on any atom is 0.248 e. The van der Waals surface area contributed by atoms with Crippen molar-refractivity contribution in [1.29, 1.82) is 0 Å². The standard InChI is InChI=1S/C11H11Br2ClN2OS/c1-6(7-3-4-8(14)18-7)15-16-9(17)10(2)5-11(10,12)13/h3-4H,5H2,1-2H3,(H,16,17)/b15-6+. The first-order chi connectivity index (χ1) is 8.26. The molecule has 1 amide bonds. The van der Waals surface area contributed by atoms with Gasteiger partial charge in [-0.15, -0.1) is 11.3 Å². The highest BCUT2D eigenvalue weighted by molar-refractivity contribution is 9.25. The van der Waals surface area contributed by atoms with Crippen LogP contribution in [0.15, 0.2) is 17.2 Å². The quantitative estimate of drug-likeness (QED) is 0.451. The molecule has 1 unspecified atom stereocenters. The molecular weight excluding hydrogens is 403 g/mol. The second-order valence-corrected chi connectivity index (χ2v) is 9.94. The van der Waals surface area contributed by atoms with Gasteiger partial charge in [0.25, 0.3) is 0 Å². The van der Waals surface area contributed by atoms with Crippen molar-refractivity contribution in [1.82, 2.24) is 5.43 Å². The third-order valence-electron chi connectivity index (χ3n) is 3.01. The molecule has 1 aliphatic carbocycles. The molecule has 1 aliphatic rings. The fraction of sp³-hybridized carbons (Fsp3) is 0.455. The lowest BCUT2D eigenvalue weighted by atomic mass is 10.1. The number of nitrogens with zero attached hydrogens (tertiary/aromatic N) is 1. The van der Waals surface area contributed by atoms with E-state index in [9.17, 15) is 4.79 Å². The Morgan fingerprint density at radius 3 is 2.61 bits per heavy atom. The van der Waals surface area contributed by atoms with Crippen LogP contribution in [-0.4, -0.2) is 14.9 Å². The summed E-state index contributed by atoms with van der Waals surface area (Å²) in [6, 6.07) is 3.70. The number of nitrogens with one attached hydrogen (secondary N) is 1. The second kappa shape index (κ2) is 4.89. The largest absolute Gasteiger partial charge is 0.272 e. The Balaban J connectivity index is 2.02. The zero-order chi connectivity index (χ0) is 13.6. The van der Waals surface area contributed by atoms with Gasteiger partial charge in [0, 0.05) is 0 Å². The van der Waals surface area contributed by atoms with Crippen LogP contribution < -0.4 is 5.43 Å². The molecular formula is C11H11Br2ClN2OS. The van der Waals surface area contributed by atoms with Gasteiger partial charge in [-0.1, -0.05) is 43.5 Å². The maximum atomic E-state index is 12.0. The van der Waals surface area contributed by atoms with Crippen LogP contribution in [0.3, 0.4) is 0 Å². The smallest absolute Gasteiger partial charge is 0.248 e. The van der Waals surface area contributed by atoms with Crippen LogP contribution in [0, 0.1) is 5.41 Å². The number of halogens is 3. The summed E-state index contributed by atoms with van der Waals surface area (Å²) in [5.41, 5.74) is 2.90. The molecule has 1 saturated carbocycles. The summed E-state index contributed by atoms with van der Waals surface area (Å²) in [5.74, 6) is -0.0988. The van der Waals surface area contributed by atoms with E-state index in [1.54, 1.807) is 0 Å². The van der Waals surface area contributed by atoms with Crippen molar-refractivity contribution < 1.29 is 4.79 Å². The predicted molar refractivity (Wildman–Crippen MR) is 83.0 cm³/mol. The van der Waals surface area contributed by atoms with Gasteiger partial charge in [0.05, 0.1) is 23.6 Å². The summed E-state index contributed by atoms with van der Waals surface area (Å²) in [4.78, 5) is 12.9. The van der Waals surface area contributed by atoms with Crippen LogP contribution in [-0.2, 0) is 4.79 Å². The van der Waals surface area contributed by atoms with E-state index in [2.05, 4.69) is 42.4 Å². The maximum absolute atomic E-state index is 12.0. The summed E-state index contributed by atoms with van der Waals surface area (Å²) >= 11 is 14.2. The second-order valence-electron chi connectivity index (χ2n) is 4.46. The fourth-order valence-electron chi connectivity index (χ4n) is 1.47. The number of rotatable bonds is 3. The average Bonchev–Trinajstić information content (AvgIpc) is 2.63. The third kappa shape index (κ3) is 2.66. The molecule has 0 bridgehead atoms. The zero-order valence-electron chi connectivity index (χ0n) is 9.76. The molecule has 0 spiro atoms. The van der Waals surface area contributed by atoms with Crippen LogP contribution in [0.4, 0.5) is 0 Å². The molecule has 7 heteroatoms. The summed E-state index contributed by atoms with van der Waals surface area (Å²) in [7, 11) is 0. The van der Waals surface area contributed by atoms with Gasteiger partial charge in [0.2, 0.25) is 5.91 Å². The lowest BCUT2D eigenvalue weighted by molar-refractivity contribution is -0.125. The predicted octanol–water partition coefficient (Wildman–Crippen LogP) is 4.14. The Hall–Kier alpha value is 0.0900. The van der Waals surface area contributed by atoms with Gasteiger partial charge in [-0.05, 0) is 32.4 Å². The minimum atomic E-state index is -0.454. The number of alkyl halides is 2. The van der Waals surface area contributed by atoms with E-state index in [0.29, 0.717) is 4.34 Å². The van der Waals surface area contributed by atoms with Gasteiger partial charge in [-0.3, -0.25) is 4.79 Å². The van der Waals surface area contributed by atoms with E-state index in [-0.39, 0.29) is 9.14 Å². The van der Waals surface area contributed by atoms with Gasteiger partial charge >= 0.3 is 0 Å². The van der Waals surface area contributed by atoms with E-state index >= 15 is 0 Å². The highest BCUT2D eigenvalue weighted by Gasteiger charge is 2.66. The minimum absolute atomic E-state index is 0.0988. The topological polar surface area (TPSA) is 41.5 Å². The molecule has 1 fully saturated rings. The van der Waals surface area contributed by atoms with Crippen molar-refractivity contribution in [3.63, 3.8) is 0 Å². The summed E-state index contributed by atoms with van der Waals surface area (Å²) in [6.45, 7) is 3.73. The van der Waals surface area contributed by atoms with E-state index in [0.717, 1.165) is 17.0 Å². The van der Waals surface area contributed by atoms with Crippen molar-refractivity contribution >= 4 is 66.4 Å². The Morgan fingerprint density at radius 2 is 2.17 bits per heavy atom. The van der Waals surface area contributed by atoms with Gasteiger partial charge in [-0.25, -0.2) is 5.43 Å². The van der Waals surface area contributed by atoms with E-state index in [4.69, 9.17) is 11.6 Å². The van der Waals surface area contributed by atoms with E-state index < -0.39 is 5.41 Å². The molecule has 1 N–H and O–H groups in total. The number of carbonyl (C=O) groups excluding carboxylic acids is 1. The Labute approximate surface area is 131 Å². The number of hydrogen-bond acceptors (Lipinski definition) is 3. The minimum Gasteiger partial charge on any atom is -0.272 e. The number of thiophene rings is 1. The molecule has 98 valence electrons. The highest BCUT2D eigenvalue weighted by atomic mass is 79.9. The van der Waals surface area contributed by atoms with Gasteiger partial charge in [0.15, 0.2) is 0 Å². The molecule has 0 radical (unpaired) electrons. The Kier molecular flexibility index (Phi) is 3.94. The number of hydrogen-bond donors (Lipinski definition) is 1. The first-order valence-corrected chi connectivity index (χ1v) is 8.02. The van der Waals surface area contributed by atoms with Crippen molar-refractivity contribution in [3.8, 4) is 0 Å². The Bertz CT molecular complexity index is 529. The fourth-order valence-corrected chi connectivity index (χ4v) is 3.94. The first kappa shape index (κ1) is 14.5. The molecule has 1 aromatic heterocycles. The third-order valence-corrected chi connectivity index (χ3v) is 6.66. The van der Waals surface area contributed by atoms with Crippen LogP contribution in [0.25, 0.3) is 0 Å². The SMILES string of the molecule is C/C(=N\NC(=O)C1(C)CC1(Br)Br)c1ccc(Cl)s1. The molecule has 1 aromatic rings. The summed E-state index contributed by atoms with van der Waals surface area (Å²) in [5, 5.41) is 4.11. The van der Waals surface area contributed by atoms with Crippen molar-refractivity contribution in [3.05, 3.63) is 21.3 Å². The Morgan fingerprint density at radius 1 is 1.56 bits per heavy atom. The number of amides is 1. The summed E-state index contributed by atoms with van der Waals surface area (Å²) < 4.78 is 0.409. The van der Waals surface area contributed by atoms with E-state index in [1.807, 2.05) is 26.0 Å². The monoisotopic (exact) mass is 412 g/mol. The van der Waals surface area contributed by atoms with Gasteiger partial charge in [-0.2, -0.15) is 5.10 Å².